The summed E-state index contributed by atoms with van der Waals surface area (Å²) in [6, 6.07) is 20.6. The number of benzene rings is 3. The molecule has 214 valence electrons. The topological polar surface area (TPSA) is 120 Å². The van der Waals surface area contributed by atoms with Crippen molar-refractivity contribution in [1.29, 1.82) is 5.26 Å². The van der Waals surface area contributed by atoms with Gasteiger partial charge in [-0.05, 0) is 65.9 Å². The van der Waals surface area contributed by atoms with E-state index in [0.717, 1.165) is 5.56 Å². The van der Waals surface area contributed by atoms with Crippen LogP contribution in [-0.2, 0) is 16.0 Å². The van der Waals surface area contributed by atoms with E-state index in [-0.39, 0.29) is 24.2 Å². The zero-order chi connectivity index (χ0) is 30.3. The van der Waals surface area contributed by atoms with Gasteiger partial charge in [-0.2, -0.15) is 5.26 Å². The van der Waals surface area contributed by atoms with Crippen LogP contribution in [0.1, 0.15) is 67.6 Å². The molecule has 0 spiro atoms. The monoisotopic (exact) mass is 555 g/mol. The van der Waals surface area contributed by atoms with E-state index < -0.39 is 17.3 Å². The summed E-state index contributed by atoms with van der Waals surface area (Å²) in [6.45, 7) is 10.1. The van der Waals surface area contributed by atoms with Crippen LogP contribution in [0.15, 0.2) is 66.7 Å². The highest BCUT2D eigenvalue weighted by Gasteiger charge is 2.31. The van der Waals surface area contributed by atoms with Crippen molar-refractivity contribution >= 4 is 29.2 Å². The number of carboxylic acids is 1. The van der Waals surface area contributed by atoms with E-state index in [1.807, 2.05) is 40.7 Å². The van der Waals surface area contributed by atoms with Gasteiger partial charge >= 0.3 is 5.97 Å². The number of carboxylic acid groups (broad SMARTS) is 1. The standard InChI is InChI=1S/C33H37N3O5/c1-21(2)20-36(32(40)33(3,4)5)28-18-24(12-15-29(28)41-6)27(31(38)39)17-22-10-13-26(14-11-22)35-30(37)25-9-7-8-23(16-25)19-34/h7-16,18,21,27H,17,20H2,1-6H3,(H,35,37)(H,38,39). The van der Waals surface area contributed by atoms with Crippen molar-refractivity contribution in [3.8, 4) is 11.8 Å². The van der Waals surface area contributed by atoms with Gasteiger partial charge in [-0.15, -0.1) is 0 Å². The lowest BCUT2D eigenvalue weighted by Gasteiger charge is -2.32. The quantitative estimate of drug-likeness (QED) is 0.304. The highest BCUT2D eigenvalue weighted by molar-refractivity contribution is 6.04. The third-order valence-electron chi connectivity index (χ3n) is 6.53. The highest BCUT2D eigenvalue weighted by Crippen LogP contribution is 2.36. The summed E-state index contributed by atoms with van der Waals surface area (Å²) in [6.07, 6.45) is 0.205. The molecule has 2 N–H and O–H groups in total. The van der Waals surface area contributed by atoms with Gasteiger partial charge in [-0.1, -0.05) is 58.9 Å². The number of rotatable bonds is 10. The Labute approximate surface area is 241 Å². The number of anilines is 2. The van der Waals surface area contributed by atoms with Crippen LogP contribution in [-0.4, -0.2) is 36.5 Å². The molecular formula is C33H37N3O5. The molecular weight excluding hydrogens is 518 g/mol. The van der Waals surface area contributed by atoms with Crippen molar-refractivity contribution in [2.45, 2.75) is 47.0 Å². The Kier molecular flexibility index (Phi) is 9.90. The van der Waals surface area contributed by atoms with Crippen molar-refractivity contribution in [2.24, 2.45) is 11.3 Å². The molecule has 3 aromatic rings. The Hall–Kier alpha value is -4.64. The molecule has 8 heteroatoms. The minimum atomic E-state index is -0.992. The molecule has 0 saturated carbocycles. The Morgan fingerprint density at radius 1 is 1.02 bits per heavy atom. The molecule has 0 heterocycles. The maximum atomic E-state index is 13.4. The van der Waals surface area contributed by atoms with E-state index in [0.29, 0.717) is 40.4 Å². The zero-order valence-corrected chi connectivity index (χ0v) is 24.4. The normalized spacial score (nSPS) is 11.9. The molecule has 1 unspecified atom stereocenters. The van der Waals surface area contributed by atoms with Crippen LogP contribution < -0.4 is 15.0 Å². The lowest BCUT2D eigenvalue weighted by Crippen LogP contribution is -2.42. The summed E-state index contributed by atoms with van der Waals surface area (Å²) in [4.78, 5) is 40.1. The van der Waals surface area contributed by atoms with Gasteiger partial charge < -0.3 is 20.1 Å². The molecule has 0 bridgehead atoms. The molecule has 0 aromatic heterocycles. The summed E-state index contributed by atoms with van der Waals surface area (Å²) >= 11 is 0. The van der Waals surface area contributed by atoms with E-state index in [2.05, 4.69) is 5.32 Å². The largest absolute Gasteiger partial charge is 0.495 e. The summed E-state index contributed by atoms with van der Waals surface area (Å²) in [7, 11) is 1.53. The number of nitrogens with one attached hydrogen (secondary N) is 1. The molecule has 0 aliphatic rings. The summed E-state index contributed by atoms with van der Waals surface area (Å²) in [5, 5.41) is 22.0. The second kappa shape index (κ2) is 13.1. The predicted molar refractivity (Wildman–Crippen MR) is 159 cm³/mol. The van der Waals surface area contributed by atoms with Crippen LogP contribution in [0, 0.1) is 22.7 Å². The second-order valence-electron chi connectivity index (χ2n) is 11.4. The lowest BCUT2D eigenvalue weighted by atomic mass is 9.90. The predicted octanol–water partition coefficient (Wildman–Crippen LogP) is 6.27. The van der Waals surface area contributed by atoms with Gasteiger partial charge in [0, 0.05) is 23.2 Å². The van der Waals surface area contributed by atoms with Gasteiger partial charge in [0.2, 0.25) is 5.91 Å². The minimum absolute atomic E-state index is 0.0782. The van der Waals surface area contributed by atoms with Crippen LogP contribution in [0.5, 0.6) is 5.75 Å². The molecule has 2 amide bonds. The maximum absolute atomic E-state index is 13.4. The zero-order valence-electron chi connectivity index (χ0n) is 24.4. The van der Waals surface area contributed by atoms with Gasteiger partial charge in [-0.25, -0.2) is 0 Å². The lowest BCUT2D eigenvalue weighted by molar-refractivity contribution is -0.138. The molecule has 41 heavy (non-hydrogen) atoms. The molecule has 0 radical (unpaired) electrons. The third-order valence-corrected chi connectivity index (χ3v) is 6.53. The van der Waals surface area contributed by atoms with Crippen LogP contribution in [0.4, 0.5) is 11.4 Å². The first-order valence-corrected chi connectivity index (χ1v) is 13.5. The van der Waals surface area contributed by atoms with Gasteiger partial charge in [-0.3, -0.25) is 14.4 Å². The SMILES string of the molecule is COc1ccc(C(Cc2ccc(NC(=O)c3cccc(C#N)c3)cc2)C(=O)O)cc1N(CC(C)C)C(=O)C(C)(C)C. The summed E-state index contributed by atoms with van der Waals surface area (Å²) in [5.74, 6) is -1.62. The molecule has 0 aliphatic heterocycles. The minimum Gasteiger partial charge on any atom is -0.495 e. The molecule has 0 saturated heterocycles. The number of ether oxygens (including phenoxy) is 1. The summed E-state index contributed by atoms with van der Waals surface area (Å²) < 4.78 is 5.58. The van der Waals surface area contributed by atoms with E-state index in [1.165, 1.54) is 13.2 Å². The number of carbonyl (C=O) groups is 3. The fourth-order valence-corrected chi connectivity index (χ4v) is 4.44. The number of aliphatic carboxylic acids is 1. The highest BCUT2D eigenvalue weighted by atomic mass is 16.5. The molecule has 1 atom stereocenters. The number of hydrogen-bond acceptors (Lipinski definition) is 5. The molecule has 8 nitrogen and oxygen atoms in total. The van der Waals surface area contributed by atoms with Crippen molar-refractivity contribution < 1.29 is 24.2 Å². The van der Waals surface area contributed by atoms with E-state index in [1.54, 1.807) is 65.6 Å². The second-order valence-corrected chi connectivity index (χ2v) is 11.4. The van der Waals surface area contributed by atoms with Crippen molar-refractivity contribution in [3.63, 3.8) is 0 Å². The van der Waals surface area contributed by atoms with Crippen LogP contribution in [0.3, 0.4) is 0 Å². The number of hydrogen-bond donors (Lipinski definition) is 2. The van der Waals surface area contributed by atoms with Gasteiger partial charge in [0.25, 0.3) is 5.91 Å². The number of amides is 2. The number of nitriles is 1. The molecule has 3 rings (SSSR count). The van der Waals surface area contributed by atoms with Crippen molar-refractivity contribution in [3.05, 3.63) is 89.0 Å². The Balaban J connectivity index is 1.87. The first kappa shape index (κ1) is 30.9. The van der Waals surface area contributed by atoms with E-state index >= 15 is 0 Å². The number of methoxy groups -OCH3 is 1. The number of nitrogens with zero attached hydrogens (tertiary/aromatic N) is 2. The van der Waals surface area contributed by atoms with Crippen molar-refractivity contribution in [1.82, 2.24) is 0 Å². The average Bonchev–Trinajstić information content (AvgIpc) is 2.94. The summed E-state index contributed by atoms with van der Waals surface area (Å²) in [5.41, 5.74) is 2.53. The smallest absolute Gasteiger partial charge is 0.311 e. The van der Waals surface area contributed by atoms with Crippen LogP contribution >= 0.6 is 0 Å². The van der Waals surface area contributed by atoms with Gasteiger partial charge in [0.1, 0.15) is 5.75 Å². The van der Waals surface area contributed by atoms with Crippen LogP contribution in [0.2, 0.25) is 0 Å². The third kappa shape index (κ3) is 7.95. The Morgan fingerprint density at radius 3 is 2.27 bits per heavy atom. The van der Waals surface area contributed by atoms with Crippen LogP contribution in [0.25, 0.3) is 0 Å². The van der Waals surface area contributed by atoms with Crippen molar-refractivity contribution in [2.75, 3.05) is 23.9 Å². The number of carbonyl (C=O) groups excluding carboxylic acids is 2. The van der Waals surface area contributed by atoms with Gasteiger partial charge in [0.15, 0.2) is 0 Å². The van der Waals surface area contributed by atoms with E-state index in [4.69, 9.17) is 10.00 Å². The molecule has 3 aromatic carbocycles. The molecule has 0 fully saturated rings. The Bertz CT molecular complexity index is 1450. The fraction of sp³-hybridized carbons (Fsp3) is 0.333. The van der Waals surface area contributed by atoms with E-state index in [9.17, 15) is 19.5 Å². The first-order valence-electron chi connectivity index (χ1n) is 13.5. The maximum Gasteiger partial charge on any atom is 0.311 e. The van der Waals surface area contributed by atoms with Gasteiger partial charge in [0.05, 0.1) is 30.3 Å². The first-order chi connectivity index (χ1) is 19.3. The fourth-order valence-electron chi connectivity index (χ4n) is 4.44. The Morgan fingerprint density at radius 2 is 1.71 bits per heavy atom. The molecule has 0 aliphatic carbocycles. The average molecular weight is 556 g/mol.